The second-order valence-electron chi connectivity index (χ2n) is 4.15. The lowest BCUT2D eigenvalue weighted by atomic mass is 10.2. The van der Waals surface area contributed by atoms with Crippen molar-refractivity contribution in [3.63, 3.8) is 0 Å². The van der Waals surface area contributed by atoms with Gasteiger partial charge in [-0.15, -0.1) is 0 Å². The van der Waals surface area contributed by atoms with Crippen molar-refractivity contribution in [1.82, 2.24) is 9.38 Å². The van der Waals surface area contributed by atoms with E-state index in [2.05, 4.69) is 11.9 Å². The number of methoxy groups -OCH3 is 1. The molecule has 2 aromatic rings. The number of fused-ring (bicyclic) bond motifs is 1. The molecule has 0 fully saturated rings. The summed E-state index contributed by atoms with van der Waals surface area (Å²) < 4.78 is 6.91. The van der Waals surface area contributed by atoms with Crippen molar-refractivity contribution in [1.29, 1.82) is 0 Å². The summed E-state index contributed by atoms with van der Waals surface area (Å²) >= 11 is 0. The van der Waals surface area contributed by atoms with E-state index < -0.39 is 5.97 Å². The fraction of sp³-hybridized carbons (Fsp3) is 0.385. The summed E-state index contributed by atoms with van der Waals surface area (Å²) in [5.41, 5.74) is 2.53. The molecular formula is C13H16N2O3. The maximum Gasteiger partial charge on any atom is 0.339 e. The highest BCUT2D eigenvalue weighted by atomic mass is 16.5. The van der Waals surface area contributed by atoms with Crippen LogP contribution in [-0.4, -0.2) is 27.6 Å². The zero-order chi connectivity index (χ0) is 13.1. The standard InChI is InChI=1S/C13H16N2O3/c1-3-4-10-7-9(8-18-2)14-12-11(13(16)17)5-6-15(10)12/h5-7H,3-4,8H2,1-2H3,(H,16,17). The van der Waals surface area contributed by atoms with Crippen molar-refractivity contribution < 1.29 is 14.6 Å². The number of carbonyl (C=O) groups is 1. The first-order valence-electron chi connectivity index (χ1n) is 5.89. The van der Waals surface area contributed by atoms with Crippen molar-refractivity contribution in [2.45, 2.75) is 26.4 Å². The van der Waals surface area contributed by atoms with Gasteiger partial charge >= 0.3 is 5.97 Å². The van der Waals surface area contributed by atoms with E-state index >= 15 is 0 Å². The van der Waals surface area contributed by atoms with Crippen LogP contribution >= 0.6 is 0 Å². The van der Waals surface area contributed by atoms with Crippen LogP contribution in [0, 0.1) is 0 Å². The molecule has 0 aliphatic rings. The number of carboxylic acid groups (broad SMARTS) is 1. The molecule has 0 radical (unpaired) electrons. The van der Waals surface area contributed by atoms with Crippen molar-refractivity contribution >= 4 is 11.6 Å². The number of hydrogen-bond donors (Lipinski definition) is 1. The molecule has 0 aromatic carbocycles. The van der Waals surface area contributed by atoms with Crippen LogP contribution in [0.1, 0.15) is 35.1 Å². The highest BCUT2D eigenvalue weighted by Gasteiger charge is 2.14. The molecule has 0 amide bonds. The van der Waals surface area contributed by atoms with Gasteiger partial charge in [-0.2, -0.15) is 0 Å². The van der Waals surface area contributed by atoms with Gasteiger partial charge < -0.3 is 14.2 Å². The lowest BCUT2D eigenvalue weighted by Gasteiger charge is -2.08. The molecule has 5 heteroatoms. The fourth-order valence-corrected chi connectivity index (χ4v) is 2.04. The van der Waals surface area contributed by atoms with Crippen LogP contribution in [0.15, 0.2) is 18.3 Å². The molecule has 0 saturated carbocycles. The second-order valence-corrected chi connectivity index (χ2v) is 4.15. The zero-order valence-corrected chi connectivity index (χ0v) is 10.5. The zero-order valence-electron chi connectivity index (χ0n) is 10.5. The number of aryl methyl sites for hydroxylation is 1. The number of hydrogen-bond acceptors (Lipinski definition) is 3. The molecule has 96 valence electrons. The van der Waals surface area contributed by atoms with E-state index in [9.17, 15) is 4.79 Å². The van der Waals surface area contributed by atoms with Gasteiger partial charge in [-0.1, -0.05) is 13.3 Å². The molecule has 2 heterocycles. The molecular weight excluding hydrogens is 232 g/mol. The minimum absolute atomic E-state index is 0.227. The predicted molar refractivity (Wildman–Crippen MR) is 66.9 cm³/mol. The molecule has 0 atom stereocenters. The van der Waals surface area contributed by atoms with E-state index in [1.165, 1.54) is 0 Å². The Kier molecular flexibility index (Phi) is 3.62. The van der Waals surface area contributed by atoms with E-state index in [1.54, 1.807) is 19.4 Å². The number of aromatic carboxylic acids is 1. The van der Waals surface area contributed by atoms with Gasteiger partial charge in [0.25, 0.3) is 0 Å². The van der Waals surface area contributed by atoms with E-state index in [-0.39, 0.29) is 5.56 Å². The number of nitrogens with zero attached hydrogens (tertiary/aromatic N) is 2. The molecule has 0 saturated heterocycles. The summed E-state index contributed by atoms with van der Waals surface area (Å²) in [6.07, 6.45) is 3.63. The summed E-state index contributed by atoms with van der Waals surface area (Å²) in [7, 11) is 1.60. The third-order valence-electron chi connectivity index (χ3n) is 2.78. The molecule has 0 bridgehead atoms. The summed E-state index contributed by atoms with van der Waals surface area (Å²) in [4.78, 5) is 15.5. The van der Waals surface area contributed by atoms with Crippen LogP contribution in [0.3, 0.4) is 0 Å². The predicted octanol–water partition coefficient (Wildman–Crippen LogP) is 2.13. The Morgan fingerprint density at radius 2 is 2.33 bits per heavy atom. The minimum atomic E-state index is -0.956. The first-order chi connectivity index (χ1) is 8.67. The smallest absolute Gasteiger partial charge is 0.339 e. The number of ether oxygens (including phenoxy) is 1. The monoisotopic (exact) mass is 248 g/mol. The first kappa shape index (κ1) is 12.6. The highest BCUT2D eigenvalue weighted by molar-refractivity contribution is 5.94. The number of carboxylic acids is 1. The van der Waals surface area contributed by atoms with Gasteiger partial charge in [0, 0.05) is 19.0 Å². The Labute approximate surface area is 105 Å². The van der Waals surface area contributed by atoms with Gasteiger partial charge in [0.1, 0.15) is 5.56 Å². The van der Waals surface area contributed by atoms with Gasteiger partial charge in [0.15, 0.2) is 5.65 Å². The van der Waals surface area contributed by atoms with Crippen molar-refractivity contribution in [3.8, 4) is 0 Å². The van der Waals surface area contributed by atoms with E-state index in [0.717, 1.165) is 24.2 Å². The van der Waals surface area contributed by atoms with Gasteiger partial charge in [-0.25, -0.2) is 9.78 Å². The van der Waals surface area contributed by atoms with Crippen LogP contribution in [0.2, 0.25) is 0 Å². The molecule has 5 nitrogen and oxygen atoms in total. The lowest BCUT2D eigenvalue weighted by molar-refractivity contribution is 0.0699. The topological polar surface area (TPSA) is 63.8 Å². The fourth-order valence-electron chi connectivity index (χ4n) is 2.04. The van der Waals surface area contributed by atoms with Crippen LogP contribution < -0.4 is 0 Å². The van der Waals surface area contributed by atoms with Crippen LogP contribution in [0.25, 0.3) is 5.65 Å². The quantitative estimate of drug-likeness (QED) is 0.880. The maximum absolute atomic E-state index is 11.1. The number of rotatable bonds is 5. The van der Waals surface area contributed by atoms with Crippen molar-refractivity contribution in [2.24, 2.45) is 0 Å². The summed E-state index contributed by atoms with van der Waals surface area (Å²) in [5, 5.41) is 9.13. The molecule has 2 rings (SSSR count). The average molecular weight is 248 g/mol. The molecule has 1 N–H and O–H groups in total. The first-order valence-corrected chi connectivity index (χ1v) is 5.89. The summed E-state index contributed by atoms with van der Waals surface area (Å²) in [5.74, 6) is -0.956. The van der Waals surface area contributed by atoms with E-state index in [4.69, 9.17) is 9.84 Å². The minimum Gasteiger partial charge on any atom is -0.478 e. The Morgan fingerprint density at radius 3 is 2.94 bits per heavy atom. The largest absolute Gasteiger partial charge is 0.478 e. The SMILES string of the molecule is CCCc1cc(COC)nc2c(C(=O)O)ccn12. The molecule has 0 spiro atoms. The molecule has 0 aliphatic carbocycles. The van der Waals surface area contributed by atoms with Crippen LogP contribution in [0.4, 0.5) is 0 Å². The second kappa shape index (κ2) is 5.18. The Bertz CT molecular complexity index is 575. The third kappa shape index (κ3) is 2.22. The summed E-state index contributed by atoms with van der Waals surface area (Å²) in [6, 6.07) is 3.55. The van der Waals surface area contributed by atoms with Crippen molar-refractivity contribution in [3.05, 3.63) is 35.3 Å². The van der Waals surface area contributed by atoms with Gasteiger partial charge in [0.2, 0.25) is 0 Å². The third-order valence-corrected chi connectivity index (χ3v) is 2.78. The number of aromatic nitrogens is 2. The normalized spacial score (nSPS) is 11.0. The lowest BCUT2D eigenvalue weighted by Crippen LogP contribution is -2.05. The highest BCUT2D eigenvalue weighted by Crippen LogP contribution is 2.16. The van der Waals surface area contributed by atoms with Crippen LogP contribution in [-0.2, 0) is 17.8 Å². The molecule has 0 aliphatic heterocycles. The molecule has 0 unspecified atom stereocenters. The van der Waals surface area contributed by atoms with Gasteiger partial charge in [-0.3, -0.25) is 0 Å². The molecule has 18 heavy (non-hydrogen) atoms. The van der Waals surface area contributed by atoms with Gasteiger partial charge in [0.05, 0.1) is 12.3 Å². The Balaban J connectivity index is 2.62. The van der Waals surface area contributed by atoms with Crippen molar-refractivity contribution in [2.75, 3.05) is 7.11 Å². The van der Waals surface area contributed by atoms with E-state index in [1.807, 2.05) is 10.5 Å². The summed E-state index contributed by atoms with van der Waals surface area (Å²) in [6.45, 7) is 2.47. The average Bonchev–Trinajstić information content (AvgIpc) is 2.73. The van der Waals surface area contributed by atoms with Crippen LogP contribution in [0.5, 0.6) is 0 Å². The Hall–Kier alpha value is -1.88. The molecule has 2 aromatic heterocycles. The maximum atomic E-state index is 11.1. The van der Waals surface area contributed by atoms with Gasteiger partial charge in [-0.05, 0) is 18.6 Å². The van der Waals surface area contributed by atoms with E-state index in [0.29, 0.717) is 12.3 Å². The Morgan fingerprint density at radius 1 is 1.56 bits per heavy atom.